The minimum absolute atomic E-state index is 0.232. The lowest BCUT2D eigenvalue weighted by atomic mass is 10.1. The lowest BCUT2D eigenvalue weighted by Gasteiger charge is -2.11. The van der Waals surface area contributed by atoms with E-state index in [1.54, 1.807) is 26.0 Å². The number of carbonyl (C=O) groups is 1. The maximum atomic E-state index is 12.1. The van der Waals surface area contributed by atoms with Crippen LogP contribution in [0.4, 0.5) is 11.5 Å². The normalized spacial score (nSPS) is 10.3. The summed E-state index contributed by atoms with van der Waals surface area (Å²) in [5.41, 5.74) is 6.06. The molecule has 1 amide bonds. The molecule has 11 heteroatoms. The third-order valence-electron chi connectivity index (χ3n) is 3.83. The zero-order valence-electron chi connectivity index (χ0n) is 15.3. The van der Waals surface area contributed by atoms with Gasteiger partial charge in [-0.15, -0.1) is 0 Å². The number of amides is 1. The van der Waals surface area contributed by atoms with E-state index in [1.165, 1.54) is 24.5 Å². The monoisotopic (exact) mass is 414 g/mol. The van der Waals surface area contributed by atoms with Crippen LogP contribution < -0.4 is 15.6 Å². The topological polar surface area (TPSA) is 132 Å². The third-order valence-corrected chi connectivity index (χ3v) is 4.43. The summed E-state index contributed by atoms with van der Waals surface area (Å²) in [4.78, 5) is 34.5. The van der Waals surface area contributed by atoms with Gasteiger partial charge in [0.05, 0.1) is 4.92 Å². The van der Waals surface area contributed by atoms with Gasteiger partial charge in [0.25, 0.3) is 5.91 Å². The standard InChI is InChI=1S/C18H15ClN6O4/c1-10-7-13(8-11(2)14(10)19)29-18-15(25(27)28)16(21-9-22-18)23-24-17(26)12-3-5-20-6-4-12/h3-9H,1-2H3,(H,24,26)(H,21,22,23). The van der Waals surface area contributed by atoms with Crippen molar-refractivity contribution in [3.8, 4) is 11.6 Å². The summed E-state index contributed by atoms with van der Waals surface area (Å²) in [6.07, 6.45) is 3.98. The van der Waals surface area contributed by atoms with E-state index in [1.807, 2.05) is 0 Å². The molecule has 0 aliphatic carbocycles. The van der Waals surface area contributed by atoms with Crippen molar-refractivity contribution in [2.24, 2.45) is 0 Å². The number of hydrogen-bond acceptors (Lipinski definition) is 8. The van der Waals surface area contributed by atoms with Crippen molar-refractivity contribution in [3.63, 3.8) is 0 Å². The van der Waals surface area contributed by atoms with E-state index in [9.17, 15) is 14.9 Å². The van der Waals surface area contributed by atoms with Crippen LogP contribution in [-0.4, -0.2) is 25.8 Å². The van der Waals surface area contributed by atoms with Crippen molar-refractivity contribution in [2.75, 3.05) is 5.43 Å². The molecule has 0 bridgehead atoms. The first-order valence-corrected chi connectivity index (χ1v) is 8.65. The van der Waals surface area contributed by atoms with Crippen molar-refractivity contribution >= 4 is 29.0 Å². The van der Waals surface area contributed by atoms with E-state index in [-0.39, 0.29) is 11.7 Å². The molecule has 0 atom stereocenters. The van der Waals surface area contributed by atoms with E-state index < -0.39 is 16.5 Å². The second-order valence-corrected chi connectivity index (χ2v) is 6.30. The zero-order valence-corrected chi connectivity index (χ0v) is 16.1. The predicted molar refractivity (Wildman–Crippen MR) is 105 cm³/mol. The maximum Gasteiger partial charge on any atom is 0.374 e. The molecule has 0 spiro atoms. The van der Waals surface area contributed by atoms with E-state index in [0.717, 1.165) is 17.5 Å². The number of nitrogens with one attached hydrogen (secondary N) is 2. The Morgan fingerprint density at radius 1 is 1.17 bits per heavy atom. The SMILES string of the molecule is Cc1cc(Oc2ncnc(NNC(=O)c3ccncc3)c2[N+](=O)[O-])cc(C)c1Cl. The Morgan fingerprint density at radius 3 is 2.45 bits per heavy atom. The number of hydrogen-bond donors (Lipinski definition) is 2. The van der Waals surface area contributed by atoms with Crippen molar-refractivity contribution in [3.05, 3.63) is 74.8 Å². The molecule has 0 aliphatic heterocycles. The molecule has 0 unspecified atom stereocenters. The highest BCUT2D eigenvalue weighted by molar-refractivity contribution is 6.32. The van der Waals surface area contributed by atoms with Crippen molar-refractivity contribution in [2.45, 2.75) is 13.8 Å². The molecule has 148 valence electrons. The maximum absolute atomic E-state index is 12.1. The van der Waals surface area contributed by atoms with Gasteiger partial charge in [-0.2, -0.15) is 4.98 Å². The molecule has 2 N–H and O–H groups in total. The molecule has 0 aliphatic rings. The van der Waals surface area contributed by atoms with Gasteiger partial charge in [0.15, 0.2) is 0 Å². The molecule has 0 saturated heterocycles. The van der Waals surface area contributed by atoms with Crippen LogP contribution in [0.15, 0.2) is 43.0 Å². The Kier molecular flexibility index (Phi) is 5.84. The fourth-order valence-corrected chi connectivity index (χ4v) is 2.57. The Balaban J connectivity index is 1.86. The fourth-order valence-electron chi connectivity index (χ4n) is 2.46. The third kappa shape index (κ3) is 4.55. The molecule has 2 heterocycles. The van der Waals surface area contributed by atoms with Gasteiger partial charge in [0.1, 0.15) is 12.1 Å². The average molecular weight is 415 g/mol. The highest BCUT2D eigenvalue weighted by Gasteiger charge is 2.26. The van der Waals surface area contributed by atoms with Crippen LogP contribution in [0.1, 0.15) is 21.5 Å². The Hall–Kier alpha value is -3.79. The van der Waals surface area contributed by atoms with Gasteiger partial charge in [0, 0.05) is 23.0 Å². The molecule has 3 aromatic rings. The van der Waals surface area contributed by atoms with E-state index in [2.05, 4.69) is 25.8 Å². The van der Waals surface area contributed by atoms with Gasteiger partial charge < -0.3 is 4.74 Å². The number of aryl methyl sites for hydroxylation is 2. The highest BCUT2D eigenvalue weighted by atomic mass is 35.5. The minimum Gasteiger partial charge on any atom is -0.434 e. The molecular weight excluding hydrogens is 400 g/mol. The first kappa shape index (κ1) is 20.0. The molecular formula is C18H15ClN6O4. The molecule has 0 radical (unpaired) electrons. The van der Waals surface area contributed by atoms with Crippen LogP contribution in [0.5, 0.6) is 11.6 Å². The molecule has 1 aromatic carbocycles. The molecule has 29 heavy (non-hydrogen) atoms. The van der Waals surface area contributed by atoms with Gasteiger partial charge in [-0.05, 0) is 49.2 Å². The first-order chi connectivity index (χ1) is 13.9. The van der Waals surface area contributed by atoms with Gasteiger partial charge in [0.2, 0.25) is 5.82 Å². The van der Waals surface area contributed by atoms with E-state index in [4.69, 9.17) is 16.3 Å². The number of rotatable bonds is 6. The summed E-state index contributed by atoms with van der Waals surface area (Å²) in [7, 11) is 0. The zero-order chi connectivity index (χ0) is 21.0. The van der Waals surface area contributed by atoms with Crippen LogP contribution in [0.3, 0.4) is 0 Å². The summed E-state index contributed by atoms with van der Waals surface area (Å²) < 4.78 is 5.61. The summed E-state index contributed by atoms with van der Waals surface area (Å²) in [6.45, 7) is 3.58. The number of hydrazine groups is 1. The van der Waals surface area contributed by atoms with Gasteiger partial charge in [-0.25, -0.2) is 4.98 Å². The van der Waals surface area contributed by atoms with Gasteiger partial charge >= 0.3 is 11.6 Å². The molecule has 0 fully saturated rings. The van der Waals surface area contributed by atoms with Crippen LogP contribution in [-0.2, 0) is 0 Å². The van der Waals surface area contributed by atoms with Crippen molar-refractivity contribution in [1.29, 1.82) is 0 Å². The molecule has 0 saturated carbocycles. The number of anilines is 1. The molecule has 10 nitrogen and oxygen atoms in total. The second-order valence-electron chi connectivity index (χ2n) is 5.92. The van der Waals surface area contributed by atoms with Crippen LogP contribution >= 0.6 is 11.6 Å². The van der Waals surface area contributed by atoms with Crippen molar-refractivity contribution in [1.82, 2.24) is 20.4 Å². The number of aromatic nitrogens is 3. The van der Waals surface area contributed by atoms with Crippen molar-refractivity contribution < 1.29 is 14.5 Å². The van der Waals surface area contributed by atoms with Crippen LogP contribution in [0, 0.1) is 24.0 Å². The van der Waals surface area contributed by atoms with Crippen LogP contribution in [0.2, 0.25) is 5.02 Å². The lowest BCUT2D eigenvalue weighted by molar-refractivity contribution is -0.385. The quantitative estimate of drug-likeness (QED) is 0.461. The number of carbonyl (C=O) groups excluding carboxylic acids is 1. The number of benzene rings is 1. The number of halogens is 1. The Bertz CT molecular complexity index is 1050. The lowest BCUT2D eigenvalue weighted by Crippen LogP contribution is -2.30. The largest absolute Gasteiger partial charge is 0.434 e. The van der Waals surface area contributed by atoms with Crippen LogP contribution in [0.25, 0.3) is 0 Å². The summed E-state index contributed by atoms with van der Waals surface area (Å²) >= 11 is 6.14. The fraction of sp³-hybridized carbons (Fsp3) is 0.111. The van der Waals surface area contributed by atoms with E-state index >= 15 is 0 Å². The van der Waals surface area contributed by atoms with Gasteiger partial charge in [-0.3, -0.25) is 30.7 Å². The highest BCUT2D eigenvalue weighted by Crippen LogP contribution is 2.35. The second kappa shape index (κ2) is 8.48. The first-order valence-electron chi connectivity index (χ1n) is 8.27. The predicted octanol–water partition coefficient (Wildman–Crippen LogP) is 3.60. The Morgan fingerprint density at radius 2 is 1.83 bits per heavy atom. The van der Waals surface area contributed by atoms with E-state index in [0.29, 0.717) is 16.3 Å². The number of nitrogens with zero attached hydrogens (tertiary/aromatic N) is 4. The summed E-state index contributed by atoms with van der Waals surface area (Å²) in [6, 6.07) is 6.26. The van der Waals surface area contributed by atoms with Gasteiger partial charge in [-0.1, -0.05) is 11.6 Å². The number of nitro groups is 1. The Labute approximate surface area is 170 Å². The number of ether oxygens (including phenoxy) is 1. The smallest absolute Gasteiger partial charge is 0.374 e. The summed E-state index contributed by atoms with van der Waals surface area (Å²) in [5.74, 6) is -0.707. The summed E-state index contributed by atoms with van der Waals surface area (Å²) in [5, 5.41) is 12.2. The molecule has 2 aromatic heterocycles. The molecule has 3 rings (SSSR count). The number of pyridine rings is 1. The average Bonchev–Trinajstić information content (AvgIpc) is 2.70. The minimum atomic E-state index is -0.702.